The molecule has 3 rings (SSSR count). The number of anilines is 2. The van der Waals surface area contributed by atoms with E-state index >= 15 is 0 Å². The summed E-state index contributed by atoms with van der Waals surface area (Å²) in [6.07, 6.45) is 8.78. The Hall–Kier alpha value is -1.62. The van der Waals surface area contributed by atoms with Gasteiger partial charge in [0, 0.05) is 32.1 Å². The van der Waals surface area contributed by atoms with Gasteiger partial charge in [-0.1, -0.05) is 25.7 Å². The maximum absolute atomic E-state index is 12.3. The number of nitrogens with one attached hydrogen (secondary N) is 2. The highest BCUT2D eigenvalue weighted by Gasteiger charge is 2.20. The molecule has 1 amide bonds. The molecule has 0 unspecified atom stereocenters. The first-order valence-corrected chi connectivity index (χ1v) is 8.55. The predicted molar refractivity (Wildman–Crippen MR) is 89.1 cm³/mol. The first-order valence-electron chi connectivity index (χ1n) is 8.55. The number of carbonyl (C=O) groups is 1. The first-order chi connectivity index (χ1) is 10.8. The van der Waals surface area contributed by atoms with Crippen LogP contribution in [0.1, 0.15) is 38.5 Å². The Labute approximate surface area is 132 Å². The van der Waals surface area contributed by atoms with Gasteiger partial charge in [0.15, 0.2) is 0 Å². The van der Waals surface area contributed by atoms with Gasteiger partial charge in [-0.15, -0.1) is 0 Å². The number of aromatic nitrogens is 1. The number of rotatable bonds is 3. The summed E-state index contributed by atoms with van der Waals surface area (Å²) < 4.78 is 0. The summed E-state index contributed by atoms with van der Waals surface area (Å²) in [5, 5.41) is 6.33. The molecule has 1 aliphatic carbocycles. The summed E-state index contributed by atoms with van der Waals surface area (Å²) >= 11 is 0. The van der Waals surface area contributed by atoms with Crippen LogP contribution in [0.2, 0.25) is 0 Å². The Balaban J connectivity index is 1.56. The Morgan fingerprint density at radius 1 is 1.14 bits per heavy atom. The van der Waals surface area contributed by atoms with Gasteiger partial charge in [0.25, 0.3) is 0 Å². The Morgan fingerprint density at radius 3 is 2.50 bits per heavy atom. The highest BCUT2D eigenvalue weighted by atomic mass is 16.1. The molecular formula is C17H26N4O. The molecule has 120 valence electrons. The molecule has 2 aliphatic rings. The van der Waals surface area contributed by atoms with Crippen LogP contribution >= 0.6 is 0 Å². The van der Waals surface area contributed by atoms with Crippen molar-refractivity contribution in [2.75, 3.05) is 36.4 Å². The van der Waals surface area contributed by atoms with Crippen LogP contribution in [-0.2, 0) is 4.79 Å². The number of carbonyl (C=O) groups excluding carboxylic acids is 1. The second-order valence-corrected chi connectivity index (χ2v) is 6.32. The van der Waals surface area contributed by atoms with Crippen LogP contribution < -0.4 is 15.5 Å². The second kappa shape index (κ2) is 7.58. The van der Waals surface area contributed by atoms with E-state index in [-0.39, 0.29) is 11.8 Å². The molecule has 1 aromatic rings. The lowest BCUT2D eigenvalue weighted by Crippen LogP contribution is -2.43. The van der Waals surface area contributed by atoms with Gasteiger partial charge in [0.1, 0.15) is 5.82 Å². The average Bonchev–Trinajstić information content (AvgIpc) is 2.86. The summed E-state index contributed by atoms with van der Waals surface area (Å²) in [6.45, 7) is 4.05. The van der Waals surface area contributed by atoms with Crippen molar-refractivity contribution >= 4 is 17.4 Å². The fourth-order valence-electron chi connectivity index (χ4n) is 3.34. The molecule has 22 heavy (non-hydrogen) atoms. The van der Waals surface area contributed by atoms with E-state index in [4.69, 9.17) is 0 Å². The van der Waals surface area contributed by atoms with Gasteiger partial charge in [0.05, 0.1) is 11.9 Å². The minimum Gasteiger partial charge on any atom is -0.368 e. The van der Waals surface area contributed by atoms with E-state index in [0.717, 1.165) is 44.7 Å². The smallest absolute Gasteiger partial charge is 0.228 e. The fraction of sp³-hybridized carbons (Fsp3) is 0.647. The zero-order chi connectivity index (χ0) is 15.2. The Bertz CT molecular complexity index is 474. The zero-order valence-corrected chi connectivity index (χ0v) is 13.2. The summed E-state index contributed by atoms with van der Waals surface area (Å²) in [7, 11) is 0. The van der Waals surface area contributed by atoms with Crippen molar-refractivity contribution in [1.29, 1.82) is 0 Å². The number of piperazine rings is 1. The number of pyridine rings is 1. The second-order valence-electron chi connectivity index (χ2n) is 6.32. The molecule has 5 nitrogen and oxygen atoms in total. The highest BCUT2D eigenvalue weighted by Crippen LogP contribution is 2.24. The largest absolute Gasteiger partial charge is 0.368 e. The van der Waals surface area contributed by atoms with Gasteiger partial charge >= 0.3 is 0 Å². The van der Waals surface area contributed by atoms with Crippen molar-refractivity contribution in [3.63, 3.8) is 0 Å². The third-order valence-electron chi connectivity index (χ3n) is 4.71. The normalized spacial score (nSPS) is 20.5. The molecule has 5 heteroatoms. The van der Waals surface area contributed by atoms with Crippen LogP contribution in [0.5, 0.6) is 0 Å². The third-order valence-corrected chi connectivity index (χ3v) is 4.71. The van der Waals surface area contributed by atoms with Crippen LogP contribution in [0.3, 0.4) is 0 Å². The monoisotopic (exact) mass is 302 g/mol. The summed E-state index contributed by atoms with van der Waals surface area (Å²) in [4.78, 5) is 19.1. The minimum absolute atomic E-state index is 0.143. The van der Waals surface area contributed by atoms with Crippen LogP contribution in [0, 0.1) is 5.92 Å². The van der Waals surface area contributed by atoms with E-state index in [0.29, 0.717) is 5.82 Å². The quantitative estimate of drug-likeness (QED) is 0.842. The Morgan fingerprint density at radius 2 is 1.86 bits per heavy atom. The maximum atomic E-state index is 12.3. The molecule has 0 atom stereocenters. The third kappa shape index (κ3) is 3.97. The molecule has 0 radical (unpaired) electrons. The predicted octanol–water partition coefficient (Wildman–Crippen LogP) is 2.40. The molecular weight excluding hydrogens is 276 g/mol. The van der Waals surface area contributed by atoms with Crippen molar-refractivity contribution in [2.45, 2.75) is 38.5 Å². The molecule has 2 fully saturated rings. The molecule has 0 spiro atoms. The maximum Gasteiger partial charge on any atom is 0.228 e. The lowest BCUT2D eigenvalue weighted by atomic mass is 9.99. The van der Waals surface area contributed by atoms with E-state index in [1.165, 1.54) is 25.7 Å². The highest BCUT2D eigenvalue weighted by molar-refractivity contribution is 5.91. The number of hydrogen-bond acceptors (Lipinski definition) is 4. The van der Waals surface area contributed by atoms with Crippen molar-refractivity contribution in [2.24, 2.45) is 5.92 Å². The standard InChI is InChI=1S/C17H26N4O/c22-17(14-5-3-1-2-4-6-14)20-16-8-7-15(13-19-16)21-11-9-18-10-12-21/h7-8,13-14,18H,1-6,9-12H2,(H,19,20,22). The van der Waals surface area contributed by atoms with Crippen LogP contribution in [-0.4, -0.2) is 37.1 Å². The van der Waals surface area contributed by atoms with E-state index in [1.807, 2.05) is 12.3 Å². The van der Waals surface area contributed by atoms with Crippen molar-refractivity contribution in [3.05, 3.63) is 18.3 Å². The lowest BCUT2D eigenvalue weighted by Gasteiger charge is -2.29. The van der Waals surface area contributed by atoms with Crippen LogP contribution in [0.15, 0.2) is 18.3 Å². The average molecular weight is 302 g/mol. The fourth-order valence-corrected chi connectivity index (χ4v) is 3.34. The van der Waals surface area contributed by atoms with Gasteiger partial charge in [-0.05, 0) is 25.0 Å². The molecule has 1 aliphatic heterocycles. The van der Waals surface area contributed by atoms with Gasteiger partial charge < -0.3 is 15.5 Å². The van der Waals surface area contributed by atoms with Crippen molar-refractivity contribution < 1.29 is 4.79 Å². The van der Waals surface area contributed by atoms with Crippen molar-refractivity contribution in [3.8, 4) is 0 Å². The number of amides is 1. The van der Waals surface area contributed by atoms with Gasteiger partial charge in [0.2, 0.25) is 5.91 Å². The number of hydrogen-bond donors (Lipinski definition) is 2. The van der Waals surface area contributed by atoms with Gasteiger partial charge in [-0.25, -0.2) is 4.98 Å². The molecule has 0 aromatic carbocycles. The Kier molecular flexibility index (Phi) is 5.27. The van der Waals surface area contributed by atoms with E-state index < -0.39 is 0 Å². The SMILES string of the molecule is O=C(Nc1ccc(N2CCNCC2)cn1)C1CCCCCC1. The topological polar surface area (TPSA) is 57.3 Å². The summed E-state index contributed by atoms with van der Waals surface area (Å²) in [6, 6.07) is 3.98. The summed E-state index contributed by atoms with van der Waals surface area (Å²) in [5.41, 5.74) is 1.13. The van der Waals surface area contributed by atoms with E-state index in [9.17, 15) is 4.79 Å². The molecule has 2 heterocycles. The number of nitrogens with zero attached hydrogens (tertiary/aromatic N) is 2. The van der Waals surface area contributed by atoms with Gasteiger partial charge in [-0.3, -0.25) is 4.79 Å². The molecule has 0 bridgehead atoms. The molecule has 2 N–H and O–H groups in total. The first kappa shape index (κ1) is 15.3. The molecule has 1 saturated carbocycles. The summed E-state index contributed by atoms with van der Waals surface area (Å²) in [5.74, 6) is 0.981. The van der Waals surface area contributed by atoms with Crippen molar-refractivity contribution in [1.82, 2.24) is 10.3 Å². The zero-order valence-electron chi connectivity index (χ0n) is 13.2. The molecule has 1 aromatic heterocycles. The minimum atomic E-state index is 0.143. The molecule has 1 saturated heterocycles. The van der Waals surface area contributed by atoms with E-state index in [1.54, 1.807) is 0 Å². The van der Waals surface area contributed by atoms with Gasteiger partial charge in [-0.2, -0.15) is 0 Å². The lowest BCUT2D eigenvalue weighted by molar-refractivity contribution is -0.120. The van der Waals surface area contributed by atoms with Crippen LogP contribution in [0.25, 0.3) is 0 Å². The van der Waals surface area contributed by atoms with Crippen LogP contribution in [0.4, 0.5) is 11.5 Å². The van der Waals surface area contributed by atoms with E-state index in [2.05, 4.69) is 26.6 Å².